The van der Waals surface area contributed by atoms with Crippen molar-refractivity contribution in [1.29, 1.82) is 0 Å². The predicted molar refractivity (Wildman–Crippen MR) is 124 cm³/mol. The second-order valence-electron chi connectivity index (χ2n) is 8.46. The van der Waals surface area contributed by atoms with Crippen LogP contribution in [0.1, 0.15) is 30.2 Å². The summed E-state index contributed by atoms with van der Waals surface area (Å²) >= 11 is 0. The Bertz CT molecular complexity index is 1200. The molecule has 1 saturated carbocycles. The molecule has 0 aromatic heterocycles. The Hall–Kier alpha value is -3.80. The molecule has 2 amide bonds. The van der Waals surface area contributed by atoms with Crippen LogP contribution >= 0.6 is 0 Å². The van der Waals surface area contributed by atoms with E-state index < -0.39 is 5.41 Å². The molecule has 5 rings (SSSR count). The molecule has 32 heavy (non-hydrogen) atoms. The lowest BCUT2D eigenvalue weighted by Crippen LogP contribution is -2.27. The van der Waals surface area contributed by atoms with E-state index >= 15 is 0 Å². The fraction of sp³-hybridized carbons (Fsp3) is 0.231. The summed E-state index contributed by atoms with van der Waals surface area (Å²) in [4.78, 5) is 26.9. The minimum absolute atomic E-state index is 0. The SMILES string of the molecule is CN(C)C(=O)c1cccc(-c2ccc(NC(=O)C3(c4ccc5c(c4)OCO5)CC3)cc2)c1.[HH]. The number of anilines is 1. The summed E-state index contributed by atoms with van der Waals surface area (Å²) in [7, 11) is 3.48. The first-order valence-corrected chi connectivity index (χ1v) is 10.6. The highest BCUT2D eigenvalue weighted by atomic mass is 16.7. The molecule has 1 aliphatic heterocycles. The maximum Gasteiger partial charge on any atom is 0.253 e. The van der Waals surface area contributed by atoms with Gasteiger partial charge in [0.05, 0.1) is 5.41 Å². The Morgan fingerprint density at radius 2 is 1.66 bits per heavy atom. The molecular formula is C26H26N2O4. The van der Waals surface area contributed by atoms with Gasteiger partial charge in [0.1, 0.15) is 0 Å². The molecule has 3 aromatic rings. The summed E-state index contributed by atoms with van der Waals surface area (Å²) in [5.41, 5.74) is 3.76. The lowest BCUT2D eigenvalue weighted by Gasteiger charge is -2.16. The van der Waals surface area contributed by atoms with Crippen molar-refractivity contribution in [2.24, 2.45) is 0 Å². The summed E-state index contributed by atoms with van der Waals surface area (Å²) in [6.45, 7) is 0.219. The van der Waals surface area contributed by atoms with Crippen LogP contribution in [0.25, 0.3) is 11.1 Å². The number of fused-ring (bicyclic) bond motifs is 1. The zero-order valence-electron chi connectivity index (χ0n) is 18.1. The van der Waals surface area contributed by atoms with Gasteiger partial charge < -0.3 is 19.7 Å². The fourth-order valence-electron chi connectivity index (χ4n) is 4.05. The van der Waals surface area contributed by atoms with Crippen molar-refractivity contribution in [2.75, 3.05) is 26.2 Å². The van der Waals surface area contributed by atoms with Gasteiger partial charge in [0, 0.05) is 26.8 Å². The van der Waals surface area contributed by atoms with Gasteiger partial charge in [-0.1, -0.05) is 30.3 Å². The molecule has 0 radical (unpaired) electrons. The molecule has 3 aromatic carbocycles. The van der Waals surface area contributed by atoms with Gasteiger partial charge in [0.25, 0.3) is 5.91 Å². The number of amides is 2. The number of hydrogen-bond donors (Lipinski definition) is 1. The molecule has 6 nitrogen and oxygen atoms in total. The van der Waals surface area contributed by atoms with E-state index in [1.54, 1.807) is 19.0 Å². The monoisotopic (exact) mass is 430 g/mol. The van der Waals surface area contributed by atoms with Gasteiger partial charge in [0.15, 0.2) is 11.5 Å². The smallest absolute Gasteiger partial charge is 0.253 e. The standard InChI is InChI=1S/C26H24N2O4.H2/c1-28(2)24(29)19-5-3-4-18(14-19)17-6-9-21(10-7-17)27-25(30)26(12-13-26)20-8-11-22-23(15-20)32-16-31-22;/h3-11,14-15H,12-13,16H2,1-2H3,(H,27,30);1H. The Kier molecular flexibility index (Phi) is 4.85. The number of nitrogens with one attached hydrogen (secondary N) is 1. The van der Waals surface area contributed by atoms with Crippen LogP contribution in [-0.2, 0) is 10.2 Å². The molecule has 0 unspecified atom stereocenters. The van der Waals surface area contributed by atoms with E-state index in [9.17, 15) is 9.59 Å². The van der Waals surface area contributed by atoms with Crippen LogP contribution in [0.3, 0.4) is 0 Å². The average molecular weight is 431 g/mol. The Balaban J connectivity index is 0.00000259. The van der Waals surface area contributed by atoms with E-state index in [0.29, 0.717) is 11.3 Å². The van der Waals surface area contributed by atoms with E-state index in [4.69, 9.17) is 9.47 Å². The lowest BCUT2D eigenvalue weighted by atomic mass is 9.94. The quantitative estimate of drug-likeness (QED) is 0.637. The van der Waals surface area contributed by atoms with Gasteiger partial charge in [0.2, 0.25) is 12.7 Å². The van der Waals surface area contributed by atoms with Crippen molar-refractivity contribution in [3.63, 3.8) is 0 Å². The Labute approximate surface area is 188 Å². The highest BCUT2D eigenvalue weighted by Gasteiger charge is 2.51. The number of benzene rings is 3. The minimum atomic E-state index is -0.513. The summed E-state index contributed by atoms with van der Waals surface area (Å²) in [6.07, 6.45) is 1.62. The van der Waals surface area contributed by atoms with Crippen molar-refractivity contribution in [2.45, 2.75) is 18.3 Å². The maximum atomic E-state index is 13.1. The van der Waals surface area contributed by atoms with E-state index in [-0.39, 0.29) is 20.0 Å². The van der Waals surface area contributed by atoms with Crippen molar-refractivity contribution >= 4 is 17.5 Å². The van der Waals surface area contributed by atoms with Gasteiger partial charge in [-0.15, -0.1) is 0 Å². The van der Waals surface area contributed by atoms with E-state index in [1.807, 2.05) is 66.7 Å². The molecule has 1 fully saturated rings. The number of carbonyl (C=O) groups excluding carboxylic acids is 2. The zero-order valence-corrected chi connectivity index (χ0v) is 18.1. The van der Waals surface area contributed by atoms with Crippen molar-refractivity contribution in [3.8, 4) is 22.6 Å². The maximum absolute atomic E-state index is 13.1. The third-order valence-corrected chi connectivity index (χ3v) is 6.10. The highest BCUT2D eigenvalue weighted by Crippen LogP contribution is 2.51. The van der Waals surface area contributed by atoms with Crippen LogP contribution in [0, 0.1) is 0 Å². The fourth-order valence-corrected chi connectivity index (χ4v) is 4.05. The van der Waals surface area contributed by atoms with Crippen LogP contribution < -0.4 is 14.8 Å². The van der Waals surface area contributed by atoms with Crippen molar-refractivity contribution < 1.29 is 20.5 Å². The molecule has 0 atom stereocenters. The topological polar surface area (TPSA) is 67.9 Å². The van der Waals surface area contributed by atoms with Crippen LogP contribution in [0.2, 0.25) is 0 Å². The Morgan fingerprint density at radius 3 is 2.38 bits per heavy atom. The minimum Gasteiger partial charge on any atom is -0.454 e. The molecule has 164 valence electrons. The number of nitrogens with zero attached hydrogens (tertiary/aromatic N) is 1. The number of carbonyl (C=O) groups is 2. The molecule has 0 spiro atoms. The third-order valence-electron chi connectivity index (χ3n) is 6.10. The van der Waals surface area contributed by atoms with Crippen molar-refractivity contribution in [3.05, 3.63) is 77.9 Å². The second kappa shape index (κ2) is 7.71. The van der Waals surface area contributed by atoms with Gasteiger partial charge in [-0.05, 0) is 65.9 Å². The zero-order chi connectivity index (χ0) is 22.3. The van der Waals surface area contributed by atoms with Crippen LogP contribution in [0.15, 0.2) is 66.7 Å². The molecule has 1 aliphatic carbocycles. The summed E-state index contributed by atoms with van der Waals surface area (Å²) in [5.74, 6) is 1.37. The van der Waals surface area contributed by atoms with Gasteiger partial charge in [-0.3, -0.25) is 9.59 Å². The first-order valence-electron chi connectivity index (χ1n) is 10.6. The number of ether oxygens (including phenoxy) is 2. The molecule has 1 heterocycles. The van der Waals surface area contributed by atoms with E-state index in [1.165, 1.54) is 0 Å². The Morgan fingerprint density at radius 1 is 0.906 bits per heavy atom. The molecule has 1 N–H and O–H groups in total. The summed E-state index contributed by atoms with van der Waals surface area (Å²) < 4.78 is 10.9. The van der Waals surface area contributed by atoms with Gasteiger partial charge >= 0.3 is 0 Å². The van der Waals surface area contributed by atoms with E-state index in [2.05, 4.69) is 5.32 Å². The largest absolute Gasteiger partial charge is 0.454 e. The van der Waals surface area contributed by atoms with Crippen LogP contribution in [0.4, 0.5) is 5.69 Å². The summed E-state index contributed by atoms with van der Waals surface area (Å²) in [5, 5.41) is 3.06. The molecular weight excluding hydrogens is 404 g/mol. The van der Waals surface area contributed by atoms with Crippen LogP contribution in [-0.4, -0.2) is 37.6 Å². The summed E-state index contributed by atoms with van der Waals surface area (Å²) in [6, 6.07) is 21.0. The molecule has 0 saturated heterocycles. The first kappa shape index (κ1) is 20.1. The van der Waals surface area contributed by atoms with Gasteiger partial charge in [-0.25, -0.2) is 0 Å². The predicted octanol–water partition coefficient (Wildman–Crippen LogP) is 4.70. The highest BCUT2D eigenvalue weighted by molar-refractivity contribution is 6.01. The second-order valence-corrected chi connectivity index (χ2v) is 8.46. The first-order chi connectivity index (χ1) is 15.5. The van der Waals surface area contributed by atoms with Crippen LogP contribution in [0.5, 0.6) is 11.5 Å². The molecule has 6 heteroatoms. The molecule has 0 bridgehead atoms. The number of hydrogen-bond acceptors (Lipinski definition) is 4. The third kappa shape index (κ3) is 3.58. The van der Waals surface area contributed by atoms with Crippen molar-refractivity contribution in [1.82, 2.24) is 4.90 Å². The molecule has 2 aliphatic rings. The van der Waals surface area contributed by atoms with E-state index in [0.717, 1.165) is 41.0 Å². The van der Waals surface area contributed by atoms with Gasteiger partial charge in [-0.2, -0.15) is 0 Å². The lowest BCUT2D eigenvalue weighted by molar-refractivity contribution is -0.118. The average Bonchev–Trinajstić information content (AvgIpc) is 3.50. The normalized spacial score (nSPS) is 15.2. The number of rotatable bonds is 5.